The zero-order valence-electron chi connectivity index (χ0n) is 11.4. The van der Waals surface area contributed by atoms with E-state index in [1.54, 1.807) is 11.3 Å². The van der Waals surface area contributed by atoms with Crippen LogP contribution in [0.2, 0.25) is 0 Å². The molecule has 20 heavy (non-hydrogen) atoms. The van der Waals surface area contributed by atoms with Crippen molar-refractivity contribution in [3.63, 3.8) is 0 Å². The summed E-state index contributed by atoms with van der Waals surface area (Å²) in [5.41, 5.74) is 2.89. The Kier molecular flexibility index (Phi) is 4.04. The van der Waals surface area contributed by atoms with Gasteiger partial charge in [0.15, 0.2) is 0 Å². The minimum absolute atomic E-state index is 0.392. The van der Waals surface area contributed by atoms with E-state index in [9.17, 15) is 0 Å². The van der Waals surface area contributed by atoms with Crippen LogP contribution in [0.4, 0.5) is 0 Å². The van der Waals surface area contributed by atoms with Crippen molar-refractivity contribution in [1.82, 2.24) is 15.3 Å². The lowest BCUT2D eigenvalue weighted by molar-refractivity contribution is 0.521. The molecule has 0 bridgehead atoms. The Morgan fingerprint density at radius 2 is 2.00 bits per heavy atom. The Morgan fingerprint density at radius 3 is 2.75 bits per heavy atom. The summed E-state index contributed by atoms with van der Waals surface area (Å²) in [6, 6.07) is 12.6. The fourth-order valence-corrected chi connectivity index (χ4v) is 3.13. The quantitative estimate of drug-likeness (QED) is 0.771. The number of hydrogen-bond acceptors (Lipinski definition) is 4. The van der Waals surface area contributed by atoms with E-state index in [2.05, 4.69) is 39.7 Å². The SMILES string of the molecule is CCC(NCc1cnc2ccccc2n1)c1cccs1. The number of fused-ring (bicyclic) bond motifs is 1. The summed E-state index contributed by atoms with van der Waals surface area (Å²) in [4.78, 5) is 10.5. The second-order valence-corrected chi connectivity index (χ2v) is 5.69. The predicted molar refractivity (Wildman–Crippen MR) is 83.7 cm³/mol. The van der Waals surface area contributed by atoms with Crippen molar-refractivity contribution in [1.29, 1.82) is 0 Å². The summed E-state index contributed by atoms with van der Waals surface area (Å²) >= 11 is 1.79. The van der Waals surface area contributed by atoms with Crippen molar-refractivity contribution in [3.8, 4) is 0 Å². The van der Waals surface area contributed by atoms with Gasteiger partial charge in [-0.05, 0) is 30.0 Å². The van der Waals surface area contributed by atoms with Crippen molar-refractivity contribution in [2.45, 2.75) is 25.9 Å². The second kappa shape index (κ2) is 6.11. The summed E-state index contributed by atoms with van der Waals surface area (Å²) in [6.45, 7) is 2.94. The van der Waals surface area contributed by atoms with Crippen LogP contribution in [0, 0.1) is 0 Å². The third-order valence-corrected chi connectivity index (χ3v) is 4.31. The lowest BCUT2D eigenvalue weighted by Crippen LogP contribution is -2.20. The molecule has 4 heteroatoms. The van der Waals surface area contributed by atoms with Crippen LogP contribution in [0.15, 0.2) is 48.0 Å². The largest absolute Gasteiger partial charge is 0.303 e. The summed E-state index contributed by atoms with van der Waals surface area (Å²) in [6.07, 6.45) is 2.93. The summed E-state index contributed by atoms with van der Waals surface area (Å²) in [7, 11) is 0. The molecular weight excluding hydrogens is 266 g/mol. The number of benzene rings is 1. The van der Waals surface area contributed by atoms with Gasteiger partial charge in [0.25, 0.3) is 0 Å². The van der Waals surface area contributed by atoms with Gasteiger partial charge in [0.1, 0.15) is 0 Å². The Labute approximate surface area is 122 Å². The molecule has 0 aliphatic carbocycles. The van der Waals surface area contributed by atoms with Crippen LogP contribution in [0.1, 0.15) is 30.0 Å². The normalized spacial score (nSPS) is 12.7. The molecule has 0 amide bonds. The van der Waals surface area contributed by atoms with Crippen molar-refractivity contribution in [2.75, 3.05) is 0 Å². The first-order valence-electron chi connectivity index (χ1n) is 6.84. The molecule has 0 radical (unpaired) electrons. The third kappa shape index (κ3) is 2.86. The minimum Gasteiger partial charge on any atom is -0.303 e. The molecule has 0 aliphatic rings. The molecule has 1 aromatic carbocycles. The molecule has 0 spiro atoms. The van der Waals surface area contributed by atoms with Gasteiger partial charge in [0.2, 0.25) is 0 Å². The highest BCUT2D eigenvalue weighted by molar-refractivity contribution is 7.10. The molecule has 1 unspecified atom stereocenters. The summed E-state index contributed by atoms with van der Waals surface area (Å²) in [5.74, 6) is 0. The first-order valence-corrected chi connectivity index (χ1v) is 7.72. The Balaban J connectivity index is 1.73. The molecule has 102 valence electrons. The van der Waals surface area contributed by atoms with Crippen molar-refractivity contribution in [2.24, 2.45) is 0 Å². The Hall–Kier alpha value is -1.78. The average molecular weight is 283 g/mol. The highest BCUT2D eigenvalue weighted by Crippen LogP contribution is 2.22. The standard InChI is InChI=1S/C16H17N3S/c1-2-13(16-8-5-9-20-16)17-10-12-11-18-14-6-3-4-7-15(14)19-12/h3-9,11,13,17H,2,10H2,1H3. The third-order valence-electron chi connectivity index (χ3n) is 3.32. The van der Waals surface area contributed by atoms with Crippen LogP contribution in [0.3, 0.4) is 0 Å². The van der Waals surface area contributed by atoms with E-state index in [4.69, 9.17) is 0 Å². The van der Waals surface area contributed by atoms with E-state index in [-0.39, 0.29) is 0 Å². The van der Waals surface area contributed by atoms with Crippen LogP contribution < -0.4 is 5.32 Å². The first kappa shape index (κ1) is 13.2. The number of thiophene rings is 1. The molecule has 3 rings (SSSR count). The molecule has 0 saturated heterocycles. The van der Waals surface area contributed by atoms with Gasteiger partial charge in [-0.25, -0.2) is 4.98 Å². The lowest BCUT2D eigenvalue weighted by Gasteiger charge is -2.15. The maximum Gasteiger partial charge on any atom is 0.0890 e. The number of aromatic nitrogens is 2. The number of nitrogens with one attached hydrogen (secondary N) is 1. The molecule has 1 atom stereocenters. The van der Waals surface area contributed by atoms with Gasteiger partial charge in [-0.3, -0.25) is 4.98 Å². The van der Waals surface area contributed by atoms with Crippen molar-refractivity contribution < 1.29 is 0 Å². The van der Waals surface area contributed by atoms with Gasteiger partial charge in [0, 0.05) is 17.5 Å². The van der Waals surface area contributed by atoms with E-state index >= 15 is 0 Å². The van der Waals surface area contributed by atoms with Gasteiger partial charge in [0.05, 0.1) is 22.9 Å². The smallest absolute Gasteiger partial charge is 0.0890 e. The zero-order valence-corrected chi connectivity index (χ0v) is 12.2. The van der Waals surface area contributed by atoms with E-state index in [1.807, 2.05) is 30.5 Å². The highest BCUT2D eigenvalue weighted by Gasteiger charge is 2.10. The zero-order chi connectivity index (χ0) is 13.8. The number of nitrogens with zero attached hydrogens (tertiary/aromatic N) is 2. The van der Waals surface area contributed by atoms with Crippen LogP contribution in [-0.2, 0) is 6.54 Å². The van der Waals surface area contributed by atoms with E-state index in [1.165, 1.54) is 4.88 Å². The number of rotatable bonds is 5. The monoisotopic (exact) mass is 283 g/mol. The first-order chi connectivity index (χ1) is 9.86. The fourth-order valence-electron chi connectivity index (χ4n) is 2.24. The maximum atomic E-state index is 4.64. The minimum atomic E-state index is 0.392. The fraction of sp³-hybridized carbons (Fsp3) is 0.250. The molecule has 1 N–H and O–H groups in total. The predicted octanol–water partition coefficient (Wildman–Crippen LogP) is 3.93. The van der Waals surface area contributed by atoms with Crippen molar-refractivity contribution >= 4 is 22.4 Å². The van der Waals surface area contributed by atoms with E-state index in [0.29, 0.717) is 6.04 Å². The topological polar surface area (TPSA) is 37.8 Å². The van der Waals surface area contributed by atoms with Crippen LogP contribution >= 0.6 is 11.3 Å². The van der Waals surface area contributed by atoms with Gasteiger partial charge in [-0.15, -0.1) is 11.3 Å². The van der Waals surface area contributed by atoms with Gasteiger partial charge < -0.3 is 5.32 Å². The average Bonchev–Trinajstić information content (AvgIpc) is 3.02. The molecule has 2 heterocycles. The summed E-state index contributed by atoms with van der Waals surface area (Å²) in [5, 5.41) is 5.68. The number of para-hydroxylation sites is 2. The molecule has 2 aromatic heterocycles. The van der Waals surface area contributed by atoms with Crippen molar-refractivity contribution in [3.05, 3.63) is 58.5 Å². The van der Waals surface area contributed by atoms with E-state index < -0.39 is 0 Å². The highest BCUT2D eigenvalue weighted by atomic mass is 32.1. The molecule has 0 fully saturated rings. The maximum absolute atomic E-state index is 4.64. The molecule has 3 nitrogen and oxygen atoms in total. The Morgan fingerprint density at radius 1 is 1.15 bits per heavy atom. The molecule has 0 aliphatic heterocycles. The van der Waals surface area contributed by atoms with Gasteiger partial charge in [-0.2, -0.15) is 0 Å². The second-order valence-electron chi connectivity index (χ2n) is 4.71. The number of hydrogen-bond donors (Lipinski definition) is 1. The van der Waals surface area contributed by atoms with E-state index in [0.717, 1.165) is 29.7 Å². The van der Waals surface area contributed by atoms with Crippen LogP contribution in [-0.4, -0.2) is 9.97 Å². The van der Waals surface area contributed by atoms with Gasteiger partial charge >= 0.3 is 0 Å². The lowest BCUT2D eigenvalue weighted by atomic mass is 10.2. The summed E-state index contributed by atoms with van der Waals surface area (Å²) < 4.78 is 0. The van der Waals surface area contributed by atoms with Gasteiger partial charge in [-0.1, -0.05) is 25.1 Å². The molecular formula is C16H17N3S. The molecule has 0 saturated carbocycles. The Bertz CT molecular complexity index is 679. The van der Waals surface area contributed by atoms with Crippen LogP contribution in [0.25, 0.3) is 11.0 Å². The van der Waals surface area contributed by atoms with Crippen LogP contribution in [0.5, 0.6) is 0 Å². The molecule has 3 aromatic rings.